The molecule has 0 aromatic rings. The van der Waals surface area contributed by atoms with Crippen LogP contribution in [0, 0.1) is 0 Å². The van der Waals surface area contributed by atoms with E-state index in [1.165, 1.54) is 18.6 Å². The summed E-state index contributed by atoms with van der Waals surface area (Å²) in [6.07, 6.45) is 2.47. The van der Waals surface area contributed by atoms with Crippen LogP contribution < -0.4 is 10.6 Å². The summed E-state index contributed by atoms with van der Waals surface area (Å²) in [5, 5.41) is 6.39. The van der Waals surface area contributed by atoms with Crippen molar-refractivity contribution in [3.63, 3.8) is 0 Å². The van der Waals surface area contributed by atoms with Crippen molar-refractivity contribution < 1.29 is 8.42 Å². The van der Waals surface area contributed by atoms with Crippen LogP contribution in [0.15, 0.2) is 4.99 Å². The Kier molecular flexibility index (Phi) is 6.40. The topological polar surface area (TPSA) is 70.6 Å². The third kappa shape index (κ3) is 5.70. The first-order valence-corrected chi connectivity index (χ1v) is 10.0. The number of rotatable bonds is 5. The fourth-order valence-corrected chi connectivity index (χ4v) is 4.31. The van der Waals surface area contributed by atoms with Crippen molar-refractivity contribution in [3.8, 4) is 0 Å². The van der Waals surface area contributed by atoms with E-state index in [1.807, 2.05) is 11.8 Å². The van der Waals surface area contributed by atoms with E-state index in [9.17, 15) is 8.42 Å². The summed E-state index contributed by atoms with van der Waals surface area (Å²) in [7, 11) is -1.39. The van der Waals surface area contributed by atoms with Gasteiger partial charge < -0.3 is 10.6 Å². The zero-order valence-corrected chi connectivity index (χ0v) is 15.5. The van der Waals surface area contributed by atoms with Crippen LogP contribution in [0.25, 0.3) is 0 Å². The Morgan fingerprint density at radius 1 is 1.33 bits per heavy atom. The molecule has 5 nitrogen and oxygen atoms in total. The van der Waals surface area contributed by atoms with Gasteiger partial charge in [0.25, 0.3) is 0 Å². The van der Waals surface area contributed by atoms with Crippen LogP contribution in [0.5, 0.6) is 0 Å². The minimum Gasteiger partial charge on any atom is -0.355 e. The Balaban J connectivity index is 2.39. The Labute approximate surface area is 133 Å². The van der Waals surface area contributed by atoms with E-state index in [0.29, 0.717) is 12.5 Å². The van der Waals surface area contributed by atoms with E-state index < -0.39 is 14.6 Å². The Morgan fingerprint density at radius 3 is 2.48 bits per heavy atom. The third-order valence-electron chi connectivity index (χ3n) is 3.75. The Hall–Kier alpha value is -0.430. The van der Waals surface area contributed by atoms with E-state index in [1.54, 1.807) is 27.8 Å². The van der Waals surface area contributed by atoms with Gasteiger partial charge in [0.2, 0.25) is 0 Å². The van der Waals surface area contributed by atoms with Gasteiger partial charge in [-0.15, -0.1) is 0 Å². The lowest BCUT2D eigenvalue weighted by Gasteiger charge is -2.24. The highest BCUT2D eigenvalue weighted by Crippen LogP contribution is 2.36. The first-order valence-electron chi connectivity index (χ1n) is 7.40. The quantitative estimate of drug-likeness (QED) is 0.590. The maximum atomic E-state index is 12.0. The standard InChI is InChI=1S/C14H29N3O2S2/c1-13(2,3)21(18,19)10-8-16-12(15-5)17-11-14(4)7-6-9-20-14/h6-11H2,1-5H3,(H2,15,16,17). The number of nitrogens with one attached hydrogen (secondary N) is 2. The summed E-state index contributed by atoms with van der Waals surface area (Å²) in [6.45, 7) is 8.68. The summed E-state index contributed by atoms with van der Waals surface area (Å²) in [4.78, 5) is 4.15. The molecule has 0 saturated carbocycles. The predicted octanol–water partition coefficient (Wildman–Crippen LogP) is 1.65. The van der Waals surface area contributed by atoms with Gasteiger partial charge in [-0.2, -0.15) is 11.8 Å². The highest BCUT2D eigenvalue weighted by molar-refractivity contribution is 8.00. The maximum Gasteiger partial charge on any atom is 0.191 e. The monoisotopic (exact) mass is 335 g/mol. The van der Waals surface area contributed by atoms with Crippen LogP contribution in [0.3, 0.4) is 0 Å². The van der Waals surface area contributed by atoms with Crippen LogP contribution in [0.1, 0.15) is 40.5 Å². The molecule has 1 heterocycles. The molecule has 0 aliphatic carbocycles. The van der Waals surface area contributed by atoms with Gasteiger partial charge in [-0.1, -0.05) is 0 Å². The zero-order chi connectivity index (χ0) is 16.1. The average molecular weight is 336 g/mol. The molecular weight excluding hydrogens is 306 g/mol. The lowest BCUT2D eigenvalue weighted by atomic mass is 10.1. The van der Waals surface area contributed by atoms with Crippen molar-refractivity contribution >= 4 is 27.6 Å². The SMILES string of the molecule is CN=C(NCCS(=O)(=O)C(C)(C)C)NCC1(C)CCCS1. The molecule has 7 heteroatoms. The highest BCUT2D eigenvalue weighted by atomic mass is 32.2. The highest BCUT2D eigenvalue weighted by Gasteiger charge is 2.30. The molecule has 1 rings (SSSR count). The van der Waals surface area contributed by atoms with Gasteiger partial charge >= 0.3 is 0 Å². The van der Waals surface area contributed by atoms with Crippen LogP contribution in [-0.2, 0) is 9.84 Å². The van der Waals surface area contributed by atoms with Crippen molar-refractivity contribution in [3.05, 3.63) is 0 Å². The molecule has 0 radical (unpaired) electrons. The molecule has 0 amide bonds. The average Bonchev–Trinajstić information content (AvgIpc) is 2.79. The van der Waals surface area contributed by atoms with Gasteiger partial charge in [-0.25, -0.2) is 8.42 Å². The van der Waals surface area contributed by atoms with E-state index in [-0.39, 0.29) is 10.5 Å². The third-order valence-corrected chi connectivity index (χ3v) is 7.90. The molecule has 124 valence electrons. The number of hydrogen-bond donors (Lipinski definition) is 2. The summed E-state index contributed by atoms with van der Waals surface area (Å²) < 4.78 is 23.6. The molecule has 1 aliphatic heterocycles. The molecule has 0 bridgehead atoms. The van der Waals surface area contributed by atoms with Crippen molar-refractivity contribution in [2.75, 3.05) is 31.6 Å². The van der Waals surface area contributed by atoms with Crippen molar-refractivity contribution in [1.29, 1.82) is 0 Å². The van der Waals surface area contributed by atoms with Crippen molar-refractivity contribution in [1.82, 2.24) is 10.6 Å². The van der Waals surface area contributed by atoms with Gasteiger partial charge in [-0.05, 0) is 46.3 Å². The number of sulfone groups is 1. The number of thioether (sulfide) groups is 1. The second kappa shape index (κ2) is 7.22. The van der Waals surface area contributed by atoms with Gasteiger partial charge in [0.05, 0.1) is 10.5 Å². The van der Waals surface area contributed by atoms with Gasteiger partial charge in [0.1, 0.15) is 0 Å². The van der Waals surface area contributed by atoms with Gasteiger partial charge in [-0.3, -0.25) is 4.99 Å². The minimum absolute atomic E-state index is 0.114. The second-order valence-corrected chi connectivity index (χ2v) is 11.2. The second-order valence-electron chi connectivity index (χ2n) is 6.69. The Bertz CT molecular complexity index is 461. The molecule has 1 unspecified atom stereocenters. The molecule has 1 fully saturated rings. The molecule has 1 aliphatic rings. The summed E-state index contributed by atoms with van der Waals surface area (Å²) in [6, 6.07) is 0. The van der Waals surface area contributed by atoms with Gasteiger partial charge in [0.15, 0.2) is 15.8 Å². The molecule has 1 saturated heterocycles. The lowest BCUT2D eigenvalue weighted by molar-refractivity contribution is 0.558. The van der Waals surface area contributed by atoms with E-state index >= 15 is 0 Å². The molecule has 0 aromatic heterocycles. The molecule has 21 heavy (non-hydrogen) atoms. The lowest BCUT2D eigenvalue weighted by Crippen LogP contribution is -2.45. The maximum absolute atomic E-state index is 12.0. The minimum atomic E-state index is -3.09. The zero-order valence-electron chi connectivity index (χ0n) is 13.8. The van der Waals surface area contributed by atoms with Gasteiger partial charge in [0, 0.05) is 24.9 Å². The largest absolute Gasteiger partial charge is 0.355 e. The predicted molar refractivity (Wildman–Crippen MR) is 93.0 cm³/mol. The molecule has 0 aromatic carbocycles. The summed E-state index contributed by atoms with van der Waals surface area (Å²) in [5.41, 5.74) is 0. The number of guanidine groups is 1. The van der Waals surface area contributed by atoms with Crippen LogP contribution in [0.4, 0.5) is 0 Å². The summed E-state index contributed by atoms with van der Waals surface area (Å²) >= 11 is 1.99. The molecule has 2 N–H and O–H groups in total. The van der Waals surface area contributed by atoms with Crippen LogP contribution in [-0.4, -0.2) is 55.5 Å². The number of aliphatic imine (C=N–C) groups is 1. The van der Waals surface area contributed by atoms with Crippen LogP contribution >= 0.6 is 11.8 Å². The van der Waals surface area contributed by atoms with E-state index in [4.69, 9.17) is 0 Å². The van der Waals surface area contributed by atoms with E-state index in [2.05, 4.69) is 22.5 Å². The van der Waals surface area contributed by atoms with E-state index in [0.717, 1.165) is 6.54 Å². The van der Waals surface area contributed by atoms with Crippen molar-refractivity contribution in [2.24, 2.45) is 4.99 Å². The molecular formula is C14H29N3O2S2. The van der Waals surface area contributed by atoms with Crippen molar-refractivity contribution in [2.45, 2.75) is 50.0 Å². The normalized spacial score (nSPS) is 24.1. The fourth-order valence-electron chi connectivity index (χ4n) is 2.08. The van der Waals surface area contributed by atoms with Crippen LogP contribution in [0.2, 0.25) is 0 Å². The molecule has 0 spiro atoms. The number of hydrogen-bond acceptors (Lipinski definition) is 4. The summed E-state index contributed by atoms with van der Waals surface area (Å²) in [5.74, 6) is 2.00. The smallest absolute Gasteiger partial charge is 0.191 e. The number of nitrogens with zero attached hydrogens (tertiary/aromatic N) is 1. The molecule has 1 atom stereocenters. The Morgan fingerprint density at radius 2 is 2.00 bits per heavy atom. The first-order chi connectivity index (χ1) is 9.60. The first kappa shape index (κ1) is 18.6. The fraction of sp³-hybridized carbons (Fsp3) is 0.929.